The largest absolute Gasteiger partial charge is 0.307 e. The molecule has 98 valence electrons. The Balaban J connectivity index is 2.00. The normalized spacial score (nSPS) is 15.9. The lowest BCUT2D eigenvalue weighted by Gasteiger charge is -2.22. The molecule has 0 fully saturated rings. The van der Waals surface area contributed by atoms with Gasteiger partial charge >= 0.3 is 0 Å². The van der Waals surface area contributed by atoms with Gasteiger partial charge in [-0.15, -0.1) is 0 Å². The number of hydrogen-bond donors (Lipinski definition) is 0. The van der Waals surface area contributed by atoms with E-state index in [1.807, 2.05) is 39.9 Å². The Kier molecular flexibility index (Phi) is 3.36. The van der Waals surface area contributed by atoms with Crippen LogP contribution in [-0.4, -0.2) is 30.9 Å². The minimum atomic E-state index is 0.101. The number of rotatable bonds is 1. The summed E-state index contributed by atoms with van der Waals surface area (Å²) in [5.74, 6) is 0.101. The molecule has 0 radical (unpaired) electrons. The Bertz CT molecular complexity index is 580. The first-order valence-electron chi connectivity index (χ1n) is 6.36. The van der Waals surface area contributed by atoms with E-state index in [4.69, 9.17) is 0 Å². The molecule has 1 aromatic heterocycles. The number of benzene rings is 1. The summed E-state index contributed by atoms with van der Waals surface area (Å²) in [6.45, 7) is 2.52. The topological polar surface area (TPSA) is 23.6 Å². The number of carbonyl (C=O) groups is 1. The quantitative estimate of drug-likeness (QED) is 0.797. The van der Waals surface area contributed by atoms with Gasteiger partial charge in [0.25, 0.3) is 5.91 Å². The number of para-hydroxylation sites is 1. The van der Waals surface area contributed by atoms with Gasteiger partial charge in [-0.05, 0) is 30.1 Å². The van der Waals surface area contributed by atoms with E-state index >= 15 is 0 Å². The van der Waals surface area contributed by atoms with E-state index < -0.39 is 0 Å². The molecule has 1 aliphatic heterocycles. The van der Waals surface area contributed by atoms with E-state index in [0.29, 0.717) is 0 Å². The third-order valence-corrected chi connectivity index (χ3v) is 4.12. The first kappa shape index (κ1) is 12.4. The van der Waals surface area contributed by atoms with Crippen LogP contribution in [0.15, 0.2) is 41.1 Å². The SMILES string of the molecule is CN1CCN(C(=O)c2ccsc2)c2ccccc2C1. The molecule has 19 heavy (non-hydrogen) atoms. The molecule has 1 aromatic carbocycles. The Hall–Kier alpha value is -1.65. The van der Waals surface area contributed by atoms with E-state index in [-0.39, 0.29) is 5.91 Å². The third-order valence-electron chi connectivity index (χ3n) is 3.44. The second kappa shape index (κ2) is 5.15. The van der Waals surface area contributed by atoms with Gasteiger partial charge in [0, 0.05) is 30.7 Å². The zero-order chi connectivity index (χ0) is 13.2. The summed E-state index contributed by atoms with van der Waals surface area (Å²) >= 11 is 1.56. The van der Waals surface area contributed by atoms with Crippen molar-refractivity contribution in [1.29, 1.82) is 0 Å². The fraction of sp³-hybridized carbons (Fsp3) is 0.267. The highest BCUT2D eigenvalue weighted by Gasteiger charge is 2.23. The standard InChI is InChI=1S/C15H16N2OS/c1-16-7-8-17(15(18)13-6-9-19-11-13)14-5-3-2-4-12(14)10-16/h2-6,9,11H,7-8,10H2,1H3. The smallest absolute Gasteiger partial charge is 0.259 e. The molecule has 4 heteroatoms. The van der Waals surface area contributed by atoms with Crippen LogP contribution in [0, 0.1) is 0 Å². The van der Waals surface area contributed by atoms with Gasteiger partial charge in [-0.1, -0.05) is 18.2 Å². The average Bonchev–Trinajstić information content (AvgIpc) is 2.89. The Morgan fingerprint density at radius 3 is 2.84 bits per heavy atom. The molecule has 0 unspecified atom stereocenters. The molecular weight excluding hydrogens is 256 g/mol. The van der Waals surface area contributed by atoms with Crippen molar-refractivity contribution >= 4 is 22.9 Å². The summed E-state index contributed by atoms with van der Waals surface area (Å²) in [5.41, 5.74) is 3.04. The predicted molar refractivity (Wildman–Crippen MR) is 78.8 cm³/mol. The predicted octanol–water partition coefficient (Wildman–Crippen LogP) is 2.84. The van der Waals surface area contributed by atoms with Crippen molar-refractivity contribution in [3.05, 3.63) is 52.2 Å². The highest BCUT2D eigenvalue weighted by Crippen LogP contribution is 2.26. The first-order valence-corrected chi connectivity index (χ1v) is 7.30. The zero-order valence-corrected chi connectivity index (χ0v) is 11.7. The molecule has 3 nitrogen and oxygen atoms in total. The van der Waals surface area contributed by atoms with Crippen molar-refractivity contribution < 1.29 is 4.79 Å². The molecule has 0 bridgehead atoms. The maximum absolute atomic E-state index is 12.6. The van der Waals surface area contributed by atoms with Crippen LogP contribution in [0.4, 0.5) is 5.69 Å². The lowest BCUT2D eigenvalue weighted by atomic mass is 10.1. The molecule has 0 saturated carbocycles. The Labute approximate surface area is 117 Å². The number of thiophene rings is 1. The second-order valence-electron chi connectivity index (χ2n) is 4.84. The van der Waals surface area contributed by atoms with Gasteiger partial charge in [-0.3, -0.25) is 4.79 Å². The zero-order valence-electron chi connectivity index (χ0n) is 10.9. The van der Waals surface area contributed by atoms with E-state index in [0.717, 1.165) is 30.9 Å². The van der Waals surface area contributed by atoms with Crippen LogP contribution in [0.5, 0.6) is 0 Å². The van der Waals surface area contributed by atoms with Gasteiger partial charge in [0.05, 0.1) is 5.56 Å². The van der Waals surface area contributed by atoms with Crippen LogP contribution in [0.3, 0.4) is 0 Å². The minimum absolute atomic E-state index is 0.101. The Morgan fingerprint density at radius 2 is 2.05 bits per heavy atom. The lowest BCUT2D eigenvalue weighted by molar-refractivity contribution is 0.0986. The number of hydrogen-bond acceptors (Lipinski definition) is 3. The van der Waals surface area contributed by atoms with Crippen molar-refractivity contribution in [2.45, 2.75) is 6.54 Å². The van der Waals surface area contributed by atoms with Gasteiger partial charge in [0.2, 0.25) is 0 Å². The second-order valence-corrected chi connectivity index (χ2v) is 5.62. The number of carbonyl (C=O) groups excluding carboxylic acids is 1. The number of likely N-dealkylation sites (N-methyl/N-ethyl adjacent to an activating group) is 1. The third kappa shape index (κ3) is 2.41. The highest BCUT2D eigenvalue weighted by molar-refractivity contribution is 7.08. The monoisotopic (exact) mass is 272 g/mol. The van der Waals surface area contributed by atoms with Crippen LogP contribution in [-0.2, 0) is 6.54 Å². The molecule has 0 aliphatic carbocycles. The van der Waals surface area contributed by atoms with Crippen LogP contribution in [0.1, 0.15) is 15.9 Å². The fourth-order valence-electron chi connectivity index (χ4n) is 2.42. The molecule has 2 aromatic rings. The minimum Gasteiger partial charge on any atom is -0.307 e. The van der Waals surface area contributed by atoms with Gasteiger partial charge in [-0.25, -0.2) is 0 Å². The maximum Gasteiger partial charge on any atom is 0.259 e. The Morgan fingerprint density at radius 1 is 1.21 bits per heavy atom. The van der Waals surface area contributed by atoms with E-state index in [1.165, 1.54) is 5.56 Å². The van der Waals surface area contributed by atoms with Crippen molar-refractivity contribution in [2.24, 2.45) is 0 Å². The lowest BCUT2D eigenvalue weighted by Crippen LogP contribution is -2.34. The summed E-state index contributed by atoms with van der Waals surface area (Å²) in [5, 5.41) is 3.86. The van der Waals surface area contributed by atoms with Gasteiger partial charge in [0.1, 0.15) is 0 Å². The van der Waals surface area contributed by atoms with Crippen LogP contribution in [0.25, 0.3) is 0 Å². The fourth-order valence-corrected chi connectivity index (χ4v) is 3.05. The van der Waals surface area contributed by atoms with Crippen molar-refractivity contribution in [1.82, 2.24) is 4.90 Å². The summed E-state index contributed by atoms with van der Waals surface area (Å²) in [4.78, 5) is 16.8. The summed E-state index contributed by atoms with van der Waals surface area (Å²) < 4.78 is 0. The summed E-state index contributed by atoms with van der Waals surface area (Å²) in [6, 6.07) is 10.1. The number of nitrogens with zero attached hydrogens (tertiary/aromatic N) is 2. The molecule has 0 spiro atoms. The van der Waals surface area contributed by atoms with Gasteiger partial charge in [0.15, 0.2) is 0 Å². The van der Waals surface area contributed by atoms with Crippen molar-refractivity contribution in [3.8, 4) is 0 Å². The molecular formula is C15H16N2OS. The van der Waals surface area contributed by atoms with Crippen LogP contribution in [0.2, 0.25) is 0 Å². The van der Waals surface area contributed by atoms with Crippen molar-refractivity contribution in [3.63, 3.8) is 0 Å². The first-order chi connectivity index (χ1) is 9.25. The average molecular weight is 272 g/mol. The molecule has 3 rings (SSSR count). The molecule has 0 atom stereocenters. The number of amides is 1. The van der Waals surface area contributed by atoms with Crippen LogP contribution < -0.4 is 4.90 Å². The highest BCUT2D eigenvalue weighted by atomic mass is 32.1. The maximum atomic E-state index is 12.6. The van der Waals surface area contributed by atoms with Crippen molar-refractivity contribution in [2.75, 3.05) is 25.0 Å². The molecule has 2 heterocycles. The number of fused-ring (bicyclic) bond motifs is 1. The van der Waals surface area contributed by atoms with Gasteiger partial charge in [-0.2, -0.15) is 11.3 Å². The van der Waals surface area contributed by atoms with Crippen LogP contribution >= 0.6 is 11.3 Å². The van der Waals surface area contributed by atoms with Gasteiger partial charge < -0.3 is 9.80 Å². The number of anilines is 1. The summed E-state index contributed by atoms with van der Waals surface area (Å²) in [7, 11) is 2.09. The summed E-state index contributed by atoms with van der Waals surface area (Å²) in [6.07, 6.45) is 0. The molecule has 1 amide bonds. The molecule has 0 saturated heterocycles. The molecule has 0 N–H and O–H groups in total. The van der Waals surface area contributed by atoms with E-state index in [9.17, 15) is 4.79 Å². The van der Waals surface area contributed by atoms with E-state index in [1.54, 1.807) is 11.3 Å². The molecule has 1 aliphatic rings. The van der Waals surface area contributed by atoms with E-state index in [2.05, 4.69) is 18.0 Å².